The summed E-state index contributed by atoms with van der Waals surface area (Å²) in [5, 5.41) is 6.31. The average Bonchev–Trinajstić information content (AvgIpc) is 2.89. The highest BCUT2D eigenvalue weighted by molar-refractivity contribution is 5.89. The van der Waals surface area contributed by atoms with Crippen LogP contribution in [0.2, 0.25) is 0 Å². The molecule has 2 fully saturated rings. The van der Waals surface area contributed by atoms with E-state index in [1.807, 2.05) is 24.3 Å². The minimum atomic E-state index is -0.946. The molecule has 3 unspecified atom stereocenters. The number of amides is 3. The fourth-order valence-electron chi connectivity index (χ4n) is 5.02. The molecule has 1 saturated heterocycles. The molecular weight excluding hydrogens is 520 g/mol. The number of halogens is 1. The molecule has 1 aromatic carbocycles. The molecule has 6 N–H and O–H groups in total. The first kappa shape index (κ1) is 30.6. The lowest BCUT2D eigenvalue weighted by Crippen LogP contribution is -2.58. The molecule has 3 amide bonds. The van der Waals surface area contributed by atoms with Crippen molar-refractivity contribution in [1.29, 1.82) is 0 Å². The molecule has 11 nitrogen and oxygen atoms in total. The van der Waals surface area contributed by atoms with Crippen LogP contribution >= 0.6 is 12.4 Å². The van der Waals surface area contributed by atoms with Crippen molar-refractivity contribution in [1.82, 2.24) is 24.7 Å². The van der Waals surface area contributed by atoms with E-state index in [-0.39, 0.29) is 30.2 Å². The summed E-state index contributed by atoms with van der Waals surface area (Å²) in [7, 11) is 0. The van der Waals surface area contributed by atoms with Crippen molar-refractivity contribution in [3.63, 3.8) is 0 Å². The monoisotopic (exact) mass is 560 g/mol. The summed E-state index contributed by atoms with van der Waals surface area (Å²) < 4.78 is 1.44. The molecule has 12 heteroatoms. The molecule has 2 aliphatic rings. The minimum Gasteiger partial charge on any atom is -0.338 e. The standard InChI is InChI=1S/C27H40N8O3.ClH/c1-18-16-20(6-9-22(18)28)30-17-19-4-7-21(8-5-19)35-11-10-23(32-26(35)38)31-25(37)34-14-12-33(13-15-34)24(36)27(2,3)29;/h4-5,7-8,10-11,18,20,22,30H,6,9,12-17,28-29H2,1-3H3,(H,31,32,37,38);1H. The Bertz CT molecular complexity index is 1190. The summed E-state index contributed by atoms with van der Waals surface area (Å²) in [5.74, 6) is 0.567. The van der Waals surface area contributed by atoms with E-state index in [0.29, 0.717) is 49.9 Å². The van der Waals surface area contributed by atoms with E-state index in [9.17, 15) is 14.4 Å². The molecule has 0 spiro atoms. The molecule has 4 rings (SSSR count). The predicted molar refractivity (Wildman–Crippen MR) is 154 cm³/mol. The predicted octanol–water partition coefficient (Wildman–Crippen LogP) is 1.67. The Balaban J connectivity index is 0.00000420. The van der Waals surface area contributed by atoms with Crippen LogP contribution in [0.25, 0.3) is 5.69 Å². The summed E-state index contributed by atoms with van der Waals surface area (Å²) in [6.45, 7) is 7.87. The number of carbonyl (C=O) groups excluding carboxylic acids is 2. The molecule has 1 saturated carbocycles. The van der Waals surface area contributed by atoms with E-state index < -0.39 is 11.2 Å². The van der Waals surface area contributed by atoms with Crippen molar-refractivity contribution in [3.05, 3.63) is 52.6 Å². The van der Waals surface area contributed by atoms with Crippen LogP contribution in [0, 0.1) is 5.92 Å². The van der Waals surface area contributed by atoms with Crippen molar-refractivity contribution in [2.45, 2.75) is 64.2 Å². The number of nitrogens with one attached hydrogen (secondary N) is 2. The molecule has 0 bridgehead atoms. The number of urea groups is 1. The van der Waals surface area contributed by atoms with E-state index in [0.717, 1.165) is 31.4 Å². The first-order chi connectivity index (χ1) is 18.0. The van der Waals surface area contributed by atoms with Gasteiger partial charge in [-0.3, -0.25) is 14.7 Å². The lowest BCUT2D eigenvalue weighted by molar-refractivity contribution is -0.137. The zero-order valence-corrected chi connectivity index (χ0v) is 23.7. The van der Waals surface area contributed by atoms with Gasteiger partial charge in [0.05, 0.1) is 11.2 Å². The summed E-state index contributed by atoms with van der Waals surface area (Å²) in [4.78, 5) is 45.0. The molecule has 1 aliphatic carbocycles. The maximum absolute atomic E-state index is 12.7. The van der Waals surface area contributed by atoms with Gasteiger partial charge in [-0.05, 0) is 62.8 Å². The van der Waals surface area contributed by atoms with Crippen LogP contribution in [0.3, 0.4) is 0 Å². The Morgan fingerprint density at radius 1 is 1.05 bits per heavy atom. The number of rotatable bonds is 6. The first-order valence-electron chi connectivity index (χ1n) is 13.3. The van der Waals surface area contributed by atoms with Crippen LogP contribution in [0.5, 0.6) is 0 Å². The van der Waals surface area contributed by atoms with Crippen LogP contribution in [-0.4, -0.2) is 75.1 Å². The summed E-state index contributed by atoms with van der Waals surface area (Å²) in [6.07, 6.45) is 4.83. The highest BCUT2D eigenvalue weighted by Crippen LogP contribution is 2.23. The molecule has 39 heavy (non-hydrogen) atoms. The number of aromatic nitrogens is 2. The van der Waals surface area contributed by atoms with E-state index in [2.05, 4.69) is 22.5 Å². The number of piperazine rings is 1. The fourth-order valence-corrected chi connectivity index (χ4v) is 5.02. The molecule has 2 heterocycles. The quantitative estimate of drug-likeness (QED) is 0.419. The Morgan fingerprint density at radius 3 is 2.28 bits per heavy atom. The summed E-state index contributed by atoms with van der Waals surface area (Å²) >= 11 is 0. The maximum atomic E-state index is 12.7. The Labute approximate surface area is 235 Å². The second kappa shape index (κ2) is 12.9. The number of nitrogens with two attached hydrogens (primary N) is 2. The van der Waals surface area contributed by atoms with Gasteiger partial charge in [-0.15, -0.1) is 12.4 Å². The van der Waals surface area contributed by atoms with E-state index >= 15 is 0 Å². The van der Waals surface area contributed by atoms with Crippen molar-refractivity contribution >= 4 is 30.2 Å². The van der Waals surface area contributed by atoms with Gasteiger partial charge in [0.1, 0.15) is 5.82 Å². The molecule has 214 valence electrons. The lowest BCUT2D eigenvalue weighted by atomic mass is 9.83. The van der Waals surface area contributed by atoms with Gasteiger partial charge in [-0.25, -0.2) is 9.59 Å². The van der Waals surface area contributed by atoms with Gasteiger partial charge < -0.3 is 26.6 Å². The third-order valence-corrected chi connectivity index (χ3v) is 7.49. The molecule has 0 radical (unpaired) electrons. The molecular formula is C27H41ClN8O3. The third-order valence-electron chi connectivity index (χ3n) is 7.49. The number of hydrogen-bond acceptors (Lipinski definition) is 7. The zero-order chi connectivity index (χ0) is 27.4. The highest BCUT2D eigenvalue weighted by atomic mass is 35.5. The van der Waals surface area contributed by atoms with Crippen molar-refractivity contribution in [3.8, 4) is 5.69 Å². The van der Waals surface area contributed by atoms with Gasteiger partial charge in [0, 0.05) is 51.0 Å². The minimum absolute atomic E-state index is 0. The van der Waals surface area contributed by atoms with Crippen LogP contribution in [0.15, 0.2) is 41.3 Å². The first-order valence-corrected chi connectivity index (χ1v) is 13.3. The van der Waals surface area contributed by atoms with Crippen LogP contribution in [0.4, 0.5) is 10.6 Å². The molecule has 1 aromatic heterocycles. The average molecular weight is 561 g/mol. The van der Waals surface area contributed by atoms with Gasteiger partial charge in [0.25, 0.3) is 0 Å². The number of anilines is 1. The number of nitrogens with zero attached hydrogens (tertiary/aromatic N) is 4. The third kappa shape index (κ3) is 7.78. The topological polar surface area (TPSA) is 152 Å². The SMILES string of the molecule is CC1CC(NCc2ccc(-n3ccc(NC(=O)N4CCN(C(=O)C(C)(C)N)CC4)nc3=O)cc2)CCC1N.Cl. The smallest absolute Gasteiger partial charge is 0.338 e. The summed E-state index contributed by atoms with van der Waals surface area (Å²) in [6, 6.07) is 9.79. The van der Waals surface area contributed by atoms with Crippen LogP contribution in [0.1, 0.15) is 45.6 Å². The van der Waals surface area contributed by atoms with Crippen LogP contribution in [-0.2, 0) is 11.3 Å². The van der Waals surface area contributed by atoms with E-state index in [1.54, 1.807) is 35.9 Å². The lowest BCUT2D eigenvalue weighted by Gasteiger charge is -2.37. The molecule has 1 aliphatic heterocycles. The normalized spacial score (nSPS) is 21.7. The number of benzene rings is 1. The number of hydrogen-bond donors (Lipinski definition) is 4. The zero-order valence-electron chi connectivity index (χ0n) is 22.9. The Hall–Kier alpha value is -2.99. The largest absolute Gasteiger partial charge is 0.354 e. The fraction of sp³-hybridized carbons (Fsp3) is 0.556. The second-order valence-electron chi connectivity index (χ2n) is 11.1. The molecule has 3 atom stereocenters. The van der Waals surface area contributed by atoms with Gasteiger partial charge in [0.15, 0.2) is 0 Å². The van der Waals surface area contributed by atoms with Gasteiger partial charge in [-0.1, -0.05) is 19.1 Å². The van der Waals surface area contributed by atoms with Gasteiger partial charge >= 0.3 is 11.7 Å². The van der Waals surface area contributed by atoms with E-state index in [4.69, 9.17) is 11.5 Å². The van der Waals surface area contributed by atoms with Crippen LogP contribution < -0.4 is 27.8 Å². The maximum Gasteiger partial charge on any atom is 0.354 e. The van der Waals surface area contributed by atoms with E-state index in [1.165, 1.54) is 4.57 Å². The highest BCUT2D eigenvalue weighted by Gasteiger charge is 2.31. The number of carbonyl (C=O) groups is 2. The summed E-state index contributed by atoms with van der Waals surface area (Å²) in [5.41, 5.74) is 12.4. The van der Waals surface area contributed by atoms with Gasteiger partial charge in [-0.2, -0.15) is 4.98 Å². The Morgan fingerprint density at radius 2 is 1.69 bits per heavy atom. The second-order valence-corrected chi connectivity index (χ2v) is 11.1. The molecule has 2 aromatic rings. The Kier molecular flexibility index (Phi) is 10.1. The van der Waals surface area contributed by atoms with Crippen molar-refractivity contribution in [2.75, 3.05) is 31.5 Å². The van der Waals surface area contributed by atoms with Crippen molar-refractivity contribution in [2.24, 2.45) is 17.4 Å². The van der Waals surface area contributed by atoms with Gasteiger partial charge in [0.2, 0.25) is 5.91 Å². The van der Waals surface area contributed by atoms with Crippen molar-refractivity contribution < 1.29 is 9.59 Å².